The van der Waals surface area contributed by atoms with Crippen LogP contribution in [0.25, 0.3) is 0 Å². The third-order valence-electron chi connectivity index (χ3n) is 3.80. The minimum absolute atomic E-state index is 0.0594. The number of carbonyl (C=O) groups is 1. The minimum Gasteiger partial charge on any atom is -0.294 e. The fourth-order valence-electron chi connectivity index (χ4n) is 2.36. The lowest BCUT2D eigenvalue weighted by Crippen LogP contribution is -2.11. The topological polar surface area (TPSA) is 30.0 Å². The van der Waals surface area contributed by atoms with Gasteiger partial charge in [0.1, 0.15) is 0 Å². The Morgan fingerprint density at radius 1 is 1.14 bits per heavy atom. The van der Waals surface area contributed by atoms with E-state index in [0.29, 0.717) is 5.56 Å². The number of rotatable bonds is 3. The highest BCUT2D eigenvalue weighted by atomic mass is 16.1. The van der Waals surface area contributed by atoms with Crippen LogP contribution in [0, 0.1) is 6.92 Å². The van der Waals surface area contributed by atoms with E-state index in [-0.39, 0.29) is 11.2 Å². The maximum Gasteiger partial charge on any atom is 0.161 e. The number of hydrogen-bond donors (Lipinski definition) is 0. The monoisotopic (exact) mass is 281 g/mol. The van der Waals surface area contributed by atoms with Gasteiger partial charge in [-0.1, -0.05) is 39.0 Å². The zero-order valence-corrected chi connectivity index (χ0v) is 13.5. The van der Waals surface area contributed by atoms with Crippen LogP contribution in [0.1, 0.15) is 60.3 Å². The van der Waals surface area contributed by atoms with E-state index in [1.165, 1.54) is 16.7 Å². The molecule has 0 spiro atoms. The zero-order valence-electron chi connectivity index (χ0n) is 13.5. The summed E-state index contributed by atoms with van der Waals surface area (Å²) in [5, 5.41) is 0. The molecule has 2 heteroatoms. The minimum atomic E-state index is 0.0594. The van der Waals surface area contributed by atoms with Crippen LogP contribution in [0.5, 0.6) is 0 Å². The van der Waals surface area contributed by atoms with E-state index in [9.17, 15) is 4.79 Å². The van der Waals surface area contributed by atoms with Crippen LogP contribution in [-0.2, 0) is 11.8 Å². The van der Waals surface area contributed by atoms with Gasteiger partial charge in [0.15, 0.2) is 5.78 Å². The second-order valence-corrected chi connectivity index (χ2v) is 6.71. The summed E-state index contributed by atoms with van der Waals surface area (Å²) < 4.78 is 0. The van der Waals surface area contributed by atoms with Crippen molar-refractivity contribution in [2.45, 2.75) is 46.5 Å². The van der Waals surface area contributed by atoms with Crippen LogP contribution in [0.4, 0.5) is 0 Å². The first-order valence-corrected chi connectivity index (χ1v) is 7.32. The predicted molar refractivity (Wildman–Crippen MR) is 86.9 cm³/mol. The SMILES string of the molecule is CC(=O)c1cncc(Cc2ccc(C(C)(C)C)cc2C)c1. The normalized spacial score (nSPS) is 11.5. The lowest BCUT2D eigenvalue weighted by molar-refractivity contribution is 0.101. The molecule has 0 saturated carbocycles. The Hall–Kier alpha value is -1.96. The number of pyridine rings is 1. The molecule has 0 fully saturated rings. The Morgan fingerprint density at radius 3 is 2.43 bits per heavy atom. The van der Waals surface area contributed by atoms with Crippen LogP contribution in [0.15, 0.2) is 36.7 Å². The van der Waals surface area contributed by atoms with E-state index >= 15 is 0 Å². The van der Waals surface area contributed by atoms with Crippen molar-refractivity contribution < 1.29 is 4.79 Å². The van der Waals surface area contributed by atoms with Crippen molar-refractivity contribution in [2.75, 3.05) is 0 Å². The second-order valence-electron chi connectivity index (χ2n) is 6.71. The Balaban J connectivity index is 2.28. The molecule has 0 bridgehead atoms. The summed E-state index contributed by atoms with van der Waals surface area (Å²) in [5.41, 5.74) is 5.84. The van der Waals surface area contributed by atoms with Crippen molar-refractivity contribution in [1.82, 2.24) is 4.98 Å². The lowest BCUT2D eigenvalue weighted by atomic mass is 9.85. The number of Topliss-reactive ketones (excluding diaryl/α,β-unsaturated/α-hetero) is 1. The zero-order chi connectivity index (χ0) is 15.6. The summed E-state index contributed by atoms with van der Waals surface area (Å²) >= 11 is 0. The average Bonchev–Trinajstić information content (AvgIpc) is 2.40. The molecule has 0 radical (unpaired) electrons. The van der Waals surface area contributed by atoms with Gasteiger partial charge >= 0.3 is 0 Å². The molecule has 0 N–H and O–H groups in total. The number of carbonyl (C=O) groups excluding carboxylic acids is 1. The molecule has 1 aromatic heterocycles. The Kier molecular flexibility index (Phi) is 4.26. The summed E-state index contributed by atoms with van der Waals surface area (Å²) in [4.78, 5) is 15.6. The highest BCUT2D eigenvalue weighted by Crippen LogP contribution is 2.25. The molecule has 1 aromatic carbocycles. The molecule has 0 atom stereocenters. The van der Waals surface area contributed by atoms with E-state index in [1.807, 2.05) is 12.3 Å². The highest BCUT2D eigenvalue weighted by Gasteiger charge is 2.14. The van der Waals surface area contributed by atoms with Crippen LogP contribution in [-0.4, -0.2) is 10.8 Å². The van der Waals surface area contributed by atoms with Gasteiger partial charge in [-0.05, 0) is 54.0 Å². The van der Waals surface area contributed by atoms with Crippen molar-refractivity contribution in [2.24, 2.45) is 0 Å². The molecular weight excluding hydrogens is 258 g/mol. The van der Waals surface area contributed by atoms with Gasteiger partial charge < -0.3 is 0 Å². The molecular formula is C19H23NO. The molecule has 0 aliphatic rings. The van der Waals surface area contributed by atoms with E-state index in [4.69, 9.17) is 0 Å². The molecule has 21 heavy (non-hydrogen) atoms. The molecule has 0 amide bonds. The predicted octanol–water partition coefficient (Wildman–Crippen LogP) is 4.48. The van der Waals surface area contributed by atoms with Crippen LogP contribution in [0.2, 0.25) is 0 Å². The number of hydrogen-bond acceptors (Lipinski definition) is 2. The van der Waals surface area contributed by atoms with E-state index in [0.717, 1.165) is 12.0 Å². The number of ketones is 1. The van der Waals surface area contributed by atoms with Gasteiger partial charge in [0.25, 0.3) is 0 Å². The van der Waals surface area contributed by atoms with Gasteiger partial charge in [-0.25, -0.2) is 0 Å². The molecule has 0 saturated heterocycles. The average molecular weight is 281 g/mol. The van der Waals surface area contributed by atoms with Gasteiger partial charge in [-0.3, -0.25) is 9.78 Å². The Labute approximate surface area is 127 Å². The molecule has 1 heterocycles. The summed E-state index contributed by atoms with van der Waals surface area (Å²) in [6.07, 6.45) is 4.27. The van der Waals surface area contributed by atoms with E-state index in [1.54, 1.807) is 13.1 Å². The van der Waals surface area contributed by atoms with Crippen LogP contribution < -0.4 is 0 Å². The van der Waals surface area contributed by atoms with Crippen LogP contribution in [0.3, 0.4) is 0 Å². The summed E-state index contributed by atoms with van der Waals surface area (Å²) in [7, 11) is 0. The number of aryl methyl sites for hydroxylation is 1. The molecule has 0 aliphatic heterocycles. The Bertz CT molecular complexity index is 666. The first-order chi connectivity index (χ1) is 9.77. The Morgan fingerprint density at radius 2 is 1.86 bits per heavy atom. The third kappa shape index (κ3) is 3.78. The number of benzene rings is 1. The van der Waals surface area contributed by atoms with E-state index in [2.05, 4.69) is 50.9 Å². The highest BCUT2D eigenvalue weighted by molar-refractivity contribution is 5.93. The van der Waals surface area contributed by atoms with Gasteiger partial charge in [0, 0.05) is 18.0 Å². The van der Waals surface area contributed by atoms with Gasteiger partial charge in [-0.15, -0.1) is 0 Å². The molecule has 110 valence electrons. The largest absolute Gasteiger partial charge is 0.294 e. The molecule has 2 rings (SSSR count). The standard InChI is InChI=1S/C19H23NO/c1-13-8-18(19(3,4)5)7-6-16(13)9-15-10-17(14(2)21)12-20-11-15/h6-8,10-12H,9H2,1-5H3. The first-order valence-electron chi connectivity index (χ1n) is 7.32. The summed E-state index contributed by atoms with van der Waals surface area (Å²) in [6.45, 7) is 10.4. The van der Waals surface area contributed by atoms with Crippen LogP contribution >= 0.6 is 0 Å². The smallest absolute Gasteiger partial charge is 0.161 e. The van der Waals surface area contributed by atoms with Crippen molar-refractivity contribution in [3.05, 3.63) is 64.5 Å². The van der Waals surface area contributed by atoms with E-state index < -0.39 is 0 Å². The quantitative estimate of drug-likeness (QED) is 0.776. The lowest BCUT2D eigenvalue weighted by Gasteiger charge is -2.20. The fraction of sp³-hybridized carbons (Fsp3) is 0.368. The second kappa shape index (κ2) is 5.80. The van der Waals surface area contributed by atoms with Crippen molar-refractivity contribution in [3.8, 4) is 0 Å². The summed E-state index contributed by atoms with van der Waals surface area (Å²) in [5.74, 6) is 0.0594. The fourth-order valence-corrected chi connectivity index (χ4v) is 2.36. The van der Waals surface area contributed by atoms with Crippen molar-refractivity contribution in [1.29, 1.82) is 0 Å². The van der Waals surface area contributed by atoms with Gasteiger partial charge in [0.05, 0.1) is 0 Å². The van der Waals surface area contributed by atoms with Gasteiger partial charge in [-0.2, -0.15) is 0 Å². The maximum atomic E-state index is 11.4. The number of aromatic nitrogens is 1. The number of nitrogens with zero attached hydrogens (tertiary/aromatic N) is 1. The maximum absolute atomic E-state index is 11.4. The first kappa shape index (κ1) is 15.4. The molecule has 2 aromatic rings. The van der Waals surface area contributed by atoms with Gasteiger partial charge in [0.2, 0.25) is 0 Å². The molecule has 0 unspecified atom stereocenters. The van der Waals surface area contributed by atoms with Crippen molar-refractivity contribution in [3.63, 3.8) is 0 Å². The third-order valence-corrected chi connectivity index (χ3v) is 3.80. The molecule has 0 aliphatic carbocycles. The molecule has 2 nitrogen and oxygen atoms in total. The van der Waals surface area contributed by atoms with Crippen molar-refractivity contribution >= 4 is 5.78 Å². The summed E-state index contributed by atoms with van der Waals surface area (Å²) in [6, 6.07) is 8.59.